The van der Waals surface area contributed by atoms with Crippen molar-refractivity contribution in [3.05, 3.63) is 0 Å². The van der Waals surface area contributed by atoms with Crippen LogP contribution in [0.25, 0.3) is 0 Å². The molecule has 1 aliphatic rings. The van der Waals surface area contributed by atoms with E-state index >= 15 is 0 Å². The third-order valence-corrected chi connectivity index (χ3v) is 3.11. The number of ether oxygens (including phenoxy) is 3. The predicted octanol–water partition coefficient (Wildman–Crippen LogP) is 2.90. The van der Waals surface area contributed by atoms with Crippen molar-refractivity contribution in [2.75, 3.05) is 19.8 Å². The molecule has 1 rings (SSSR count). The molecule has 1 heterocycles. The van der Waals surface area contributed by atoms with Gasteiger partial charge in [0.15, 0.2) is 6.29 Å². The maximum absolute atomic E-state index is 11.3. The molecule has 0 N–H and O–H groups in total. The van der Waals surface area contributed by atoms with Crippen LogP contribution in [-0.4, -0.2) is 32.1 Å². The molecule has 0 aliphatic carbocycles. The van der Waals surface area contributed by atoms with Gasteiger partial charge in [-0.3, -0.25) is 4.79 Å². The van der Waals surface area contributed by atoms with Crippen LogP contribution in [0.15, 0.2) is 0 Å². The van der Waals surface area contributed by atoms with Crippen molar-refractivity contribution in [3.63, 3.8) is 0 Å². The van der Waals surface area contributed by atoms with Crippen LogP contribution in [0.1, 0.15) is 52.9 Å². The highest BCUT2D eigenvalue weighted by Crippen LogP contribution is 2.25. The lowest BCUT2D eigenvalue weighted by Gasteiger charge is -2.29. The average Bonchev–Trinajstić information content (AvgIpc) is 2.36. The lowest BCUT2D eigenvalue weighted by Crippen LogP contribution is -2.29. The summed E-state index contributed by atoms with van der Waals surface area (Å²) in [4.78, 5) is 11.3. The molecule has 106 valence electrons. The Hall–Kier alpha value is -0.610. The van der Waals surface area contributed by atoms with Crippen molar-refractivity contribution in [1.82, 2.24) is 0 Å². The smallest absolute Gasteiger partial charge is 0.305 e. The van der Waals surface area contributed by atoms with Gasteiger partial charge in [-0.1, -0.05) is 13.8 Å². The minimum Gasteiger partial charge on any atom is -0.466 e. The zero-order valence-electron chi connectivity index (χ0n) is 11.9. The molecule has 1 atom stereocenters. The van der Waals surface area contributed by atoms with Gasteiger partial charge in [0.25, 0.3) is 0 Å². The Morgan fingerprint density at radius 2 is 2.17 bits per heavy atom. The van der Waals surface area contributed by atoms with Crippen LogP contribution in [0.4, 0.5) is 0 Å². The molecule has 1 unspecified atom stereocenters. The van der Waals surface area contributed by atoms with Gasteiger partial charge in [0, 0.05) is 13.0 Å². The van der Waals surface area contributed by atoms with E-state index in [4.69, 9.17) is 14.2 Å². The first kappa shape index (κ1) is 15.4. The van der Waals surface area contributed by atoms with Gasteiger partial charge in [-0.25, -0.2) is 0 Å². The predicted molar refractivity (Wildman–Crippen MR) is 69.2 cm³/mol. The van der Waals surface area contributed by atoms with E-state index in [1.54, 1.807) is 0 Å². The first-order valence-corrected chi connectivity index (χ1v) is 6.92. The van der Waals surface area contributed by atoms with E-state index in [9.17, 15) is 4.79 Å². The maximum Gasteiger partial charge on any atom is 0.305 e. The van der Waals surface area contributed by atoms with Crippen molar-refractivity contribution < 1.29 is 19.0 Å². The van der Waals surface area contributed by atoms with E-state index in [0.717, 1.165) is 25.9 Å². The van der Waals surface area contributed by atoms with Crippen LogP contribution in [-0.2, 0) is 19.0 Å². The highest BCUT2D eigenvalue weighted by molar-refractivity contribution is 5.69. The monoisotopic (exact) mass is 258 g/mol. The molecule has 4 nitrogen and oxygen atoms in total. The molecule has 1 fully saturated rings. The topological polar surface area (TPSA) is 44.8 Å². The molecule has 0 spiro atoms. The van der Waals surface area contributed by atoms with E-state index in [-0.39, 0.29) is 17.7 Å². The largest absolute Gasteiger partial charge is 0.466 e. The summed E-state index contributed by atoms with van der Waals surface area (Å²) in [6, 6.07) is 0. The van der Waals surface area contributed by atoms with Crippen molar-refractivity contribution in [1.29, 1.82) is 0 Å². The second kappa shape index (κ2) is 7.74. The molecule has 0 aromatic heterocycles. The molecule has 1 saturated heterocycles. The fourth-order valence-electron chi connectivity index (χ4n) is 1.91. The van der Waals surface area contributed by atoms with Crippen molar-refractivity contribution in [2.24, 2.45) is 5.41 Å². The first-order valence-electron chi connectivity index (χ1n) is 6.92. The summed E-state index contributed by atoms with van der Waals surface area (Å²) in [6.07, 6.45) is 4.46. The van der Waals surface area contributed by atoms with Crippen LogP contribution >= 0.6 is 0 Å². The molecule has 0 amide bonds. The van der Waals surface area contributed by atoms with E-state index in [1.165, 1.54) is 6.42 Å². The summed E-state index contributed by atoms with van der Waals surface area (Å²) in [6.45, 7) is 7.91. The number of hydrogen-bond acceptors (Lipinski definition) is 4. The van der Waals surface area contributed by atoms with Gasteiger partial charge in [-0.2, -0.15) is 0 Å². The normalized spacial score (nSPS) is 20.7. The van der Waals surface area contributed by atoms with E-state index in [0.29, 0.717) is 19.6 Å². The Kier molecular flexibility index (Phi) is 6.65. The number of carbonyl (C=O) groups is 1. The van der Waals surface area contributed by atoms with Crippen LogP contribution in [0.5, 0.6) is 0 Å². The van der Waals surface area contributed by atoms with E-state index < -0.39 is 0 Å². The standard InChI is InChI=1S/C14H26O4/c1-4-16-12(15)8-9-14(2,3)11-18-13-7-5-6-10-17-13/h13H,4-11H2,1-3H3. The third-order valence-electron chi connectivity index (χ3n) is 3.11. The molecular weight excluding hydrogens is 232 g/mol. The van der Waals surface area contributed by atoms with Crippen LogP contribution in [0.2, 0.25) is 0 Å². The molecule has 1 aliphatic heterocycles. The third kappa shape index (κ3) is 6.36. The highest BCUT2D eigenvalue weighted by atomic mass is 16.7. The van der Waals surface area contributed by atoms with Gasteiger partial charge in [0.1, 0.15) is 0 Å². The molecule has 4 heteroatoms. The molecular formula is C14H26O4. The molecule has 0 bridgehead atoms. The molecule has 18 heavy (non-hydrogen) atoms. The van der Waals surface area contributed by atoms with Crippen molar-refractivity contribution >= 4 is 5.97 Å². The van der Waals surface area contributed by atoms with Crippen LogP contribution in [0.3, 0.4) is 0 Å². The van der Waals surface area contributed by atoms with Gasteiger partial charge in [-0.15, -0.1) is 0 Å². The molecule has 0 radical (unpaired) electrons. The Bertz CT molecular complexity index is 244. The maximum atomic E-state index is 11.3. The summed E-state index contributed by atoms with van der Waals surface area (Å²) in [5.74, 6) is -0.125. The van der Waals surface area contributed by atoms with Crippen molar-refractivity contribution in [2.45, 2.75) is 59.2 Å². The van der Waals surface area contributed by atoms with Gasteiger partial charge in [0.2, 0.25) is 0 Å². The number of rotatable bonds is 7. The highest BCUT2D eigenvalue weighted by Gasteiger charge is 2.23. The Morgan fingerprint density at radius 1 is 1.39 bits per heavy atom. The fraction of sp³-hybridized carbons (Fsp3) is 0.929. The summed E-state index contributed by atoms with van der Waals surface area (Å²) < 4.78 is 16.2. The lowest BCUT2D eigenvalue weighted by atomic mass is 9.89. The quantitative estimate of drug-likeness (QED) is 0.659. The summed E-state index contributed by atoms with van der Waals surface area (Å²) in [5, 5.41) is 0. The van der Waals surface area contributed by atoms with Crippen LogP contribution < -0.4 is 0 Å². The zero-order chi connectivity index (χ0) is 13.4. The van der Waals surface area contributed by atoms with E-state index in [1.807, 2.05) is 6.92 Å². The second-order valence-electron chi connectivity index (χ2n) is 5.58. The summed E-state index contributed by atoms with van der Waals surface area (Å²) in [7, 11) is 0. The fourth-order valence-corrected chi connectivity index (χ4v) is 1.91. The number of esters is 1. The molecule has 0 aromatic rings. The summed E-state index contributed by atoms with van der Waals surface area (Å²) >= 11 is 0. The SMILES string of the molecule is CCOC(=O)CCC(C)(C)COC1CCCCO1. The minimum absolute atomic E-state index is 0.0203. The average molecular weight is 258 g/mol. The number of hydrogen-bond donors (Lipinski definition) is 0. The van der Waals surface area contributed by atoms with Crippen molar-refractivity contribution in [3.8, 4) is 0 Å². The molecule has 0 aromatic carbocycles. The van der Waals surface area contributed by atoms with Gasteiger partial charge < -0.3 is 14.2 Å². The second-order valence-corrected chi connectivity index (χ2v) is 5.58. The summed E-state index contributed by atoms with van der Waals surface area (Å²) in [5.41, 5.74) is -0.0203. The Balaban J connectivity index is 2.19. The zero-order valence-corrected chi connectivity index (χ0v) is 11.9. The number of carbonyl (C=O) groups excluding carboxylic acids is 1. The van der Waals surface area contributed by atoms with Crippen LogP contribution in [0, 0.1) is 5.41 Å². The van der Waals surface area contributed by atoms with Gasteiger partial charge in [-0.05, 0) is 38.0 Å². The lowest BCUT2D eigenvalue weighted by molar-refractivity contribution is -0.177. The minimum atomic E-state index is -0.125. The molecule has 0 saturated carbocycles. The van der Waals surface area contributed by atoms with E-state index in [2.05, 4.69) is 13.8 Å². The first-order chi connectivity index (χ1) is 8.53. The van der Waals surface area contributed by atoms with Gasteiger partial charge in [0.05, 0.1) is 13.2 Å². The van der Waals surface area contributed by atoms with Gasteiger partial charge >= 0.3 is 5.97 Å². The Morgan fingerprint density at radius 3 is 2.78 bits per heavy atom. The Labute approximate surface area is 110 Å².